The Balaban J connectivity index is 0.748. The molecule has 1 unspecified atom stereocenters. The van der Waals surface area contributed by atoms with Crippen LogP contribution in [0.25, 0.3) is 0 Å². The molecule has 12 nitrogen and oxygen atoms in total. The number of carbonyl (C=O) groups is 5. The van der Waals surface area contributed by atoms with Crippen LogP contribution < -0.4 is 15.1 Å². The molecule has 6 aliphatic rings. The summed E-state index contributed by atoms with van der Waals surface area (Å²) in [6, 6.07) is 16.4. The van der Waals surface area contributed by atoms with Crippen molar-refractivity contribution in [1.29, 1.82) is 5.26 Å². The van der Waals surface area contributed by atoms with E-state index in [1.54, 1.807) is 25.1 Å². The van der Waals surface area contributed by atoms with Gasteiger partial charge in [0.15, 0.2) is 0 Å². The summed E-state index contributed by atoms with van der Waals surface area (Å²) in [5.74, 6) is -1.91. The van der Waals surface area contributed by atoms with Crippen LogP contribution in [0.3, 0.4) is 0 Å². The highest BCUT2D eigenvalue weighted by atomic mass is 19.1. The molecule has 1 N–H and O–H groups in total. The van der Waals surface area contributed by atoms with E-state index >= 15 is 0 Å². The average molecular weight is 786 g/mol. The average Bonchev–Trinajstić information content (AvgIpc) is 3.84. The molecule has 3 aromatic rings. The summed E-state index contributed by atoms with van der Waals surface area (Å²) in [5.41, 5.74) is 6.17. The Morgan fingerprint density at radius 3 is 2.19 bits per heavy atom. The van der Waals surface area contributed by atoms with Crippen LogP contribution in [-0.4, -0.2) is 95.6 Å². The smallest absolute Gasteiger partial charge is 0.262 e. The molecule has 0 saturated carbocycles. The normalized spacial score (nSPS) is 23.4. The molecule has 1 spiro atoms. The Bertz CT molecular complexity index is 2230. The van der Waals surface area contributed by atoms with E-state index < -0.39 is 35.5 Å². The summed E-state index contributed by atoms with van der Waals surface area (Å²) < 4.78 is 14.8. The first-order chi connectivity index (χ1) is 27.9. The van der Waals surface area contributed by atoms with Gasteiger partial charge in [-0.2, -0.15) is 5.26 Å². The number of hydrogen-bond donors (Lipinski definition) is 1. The van der Waals surface area contributed by atoms with E-state index in [0.717, 1.165) is 85.7 Å². The topological polar surface area (TPSA) is 137 Å². The molecule has 300 valence electrons. The fourth-order valence-corrected chi connectivity index (χ4v) is 10.6. The van der Waals surface area contributed by atoms with Gasteiger partial charge in [0, 0.05) is 87.3 Å². The lowest BCUT2D eigenvalue weighted by atomic mass is 9.76. The molecular formula is C45H48FN7O5. The highest BCUT2D eigenvalue weighted by Crippen LogP contribution is 2.46. The minimum atomic E-state index is -0.973. The van der Waals surface area contributed by atoms with Crippen molar-refractivity contribution in [2.24, 2.45) is 11.3 Å². The summed E-state index contributed by atoms with van der Waals surface area (Å²) in [7, 11) is 0. The first-order valence-corrected chi connectivity index (χ1v) is 20.6. The number of benzene rings is 3. The Morgan fingerprint density at radius 2 is 1.57 bits per heavy atom. The lowest BCUT2D eigenvalue weighted by Crippen LogP contribution is -2.54. The van der Waals surface area contributed by atoms with Gasteiger partial charge in [-0.1, -0.05) is 0 Å². The highest BCUT2D eigenvalue weighted by Gasteiger charge is 2.46. The zero-order valence-electron chi connectivity index (χ0n) is 33.1. The lowest BCUT2D eigenvalue weighted by molar-refractivity contribution is -0.136. The number of rotatable bonds is 6. The quantitative estimate of drug-likeness (QED) is 0.336. The second kappa shape index (κ2) is 14.6. The van der Waals surface area contributed by atoms with Crippen LogP contribution in [0, 0.1) is 35.4 Å². The molecule has 6 heterocycles. The number of likely N-dealkylation sites (tertiary alicyclic amines) is 1. The summed E-state index contributed by atoms with van der Waals surface area (Å²) in [6.45, 7) is 10.3. The van der Waals surface area contributed by atoms with Gasteiger partial charge in [-0.3, -0.25) is 39.1 Å². The number of piperidine rings is 3. The number of carbonyl (C=O) groups excluding carboxylic acids is 5. The minimum Gasteiger partial charge on any atom is -0.371 e. The van der Waals surface area contributed by atoms with Gasteiger partial charge in [0.05, 0.1) is 16.7 Å². The number of nitrogens with one attached hydrogen (secondary N) is 1. The van der Waals surface area contributed by atoms with Crippen molar-refractivity contribution in [2.45, 2.75) is 84.0 Å². The highest BCUT2D eigenvalue weighted by molar-refractivity contribution is 6.23. The second-order valence-corrected chi connectivity index (χ2v) is 17.4. The van der Waals surface area contributed by atoms with Gasteiger partial charge >= 0.3 is 0 Å². The number of nitriles is 1. The predicted octanol–water partition coefficient (Wildman–Crippen LogP) is 5.16. The van der Waals surface area contributed by atoms with Crippen molar-refractivity contribution in [2.75, 3.05) is 49.1 Å². The maximum absolute atomic E-state index is 14.8. The van der Waals surface area contributed by atoms with Crippen LogP contribution in [0.4, 0.5) is 15.8 Å². The molecule has 0 radical (unpaired) electrons. The van der Waals surface area contributed by atoms with Gasteiger partial charge in [-0.25, -0.2) is 4.39 Å². The largest absolute Gasteiger partial charge is 0.371 e. The third-order valence-corrected chi connectivity index (χ3v) is 13.8. The van der Waals surface area contributed by atoms with Gasteiger partial charge in [0.2, 0.25) is 11.8 Å². The van der Waals surface area contributed by atoms with Crippen LogP contribution >= 0.6 is 0 Å². The van der Waals surface area contributed by atoms with E-state index in [4.69, 9.17) is 0 Å². The summed E-state index contributed by atoms with van der Waals surface area (Å²) >= 11 is 0. The molecule has 13 heteroatoms. The molecular weight excluding hydrogens is 738 g/mol. The molecule has 2 atom stereocenters. The van der Waals surface area contributed by atoms with E-state index in [-0.39, 0.29) is 35.8 Å². The van der Waals surface area contributed by atoms with E-state index in [9.17, 15) is 33.6 Å². The third kappa shape index (κ3) is 6.61. The molecule has 6 aliphatic heterocycles. The molecule has 5 amide bonds. The fraction of sp³-hybridized carbons (Fsp3) is 0.467. The van der Waals surface area contributed by atoms with Crippen molar-refractivity contribution in [3.63, 3.8) is 0 Å². The maximum atomic E-state index is 14.8. The van der Waals surface area contributed by atoms with Crippen LogP contribution in [0.5, 0.6) is 0 Å². The Labute approximate surface area is 337 Å². The molecule has 4 fully saturated rings. The van der Waals surface area contributed by atoms with Crippen LogP contribution in [0.1, 0.15) is 105 Å². The van der Waals surface area contributed by atoms with Gasteiger partial charge in [-0.15, -0.1) is 0 Å². The lowest BCUT2D eigenvalue weighted by Gasteiger charge is -2.40. The van der Waals surface area contributed by atoms with Gasteiger partial charge in [-0.05, 0) is 123 Å². The molecule has 0 aromatic heterocycles. The maximum Gasteiger partial charge on any atom is 0.262 e. The van der Waals surface area contributed by atoms with Crippen molar-refractivity contribution in [1.82, 2.24) is 20.0 Å². The third-order valence-electron chi connectivity index (χ3n) is 13.8. The zero-order valence-corrected chi connectivity index (χ0v) is 33.1. The zero-order chi connectivity index (χ0) is 40.5. The van der Waals surface area contributed by atoms with E-state index in [0.29, 0.717) is 54.4 Å². The molecule has 0 bridgehead atoms. The number of imide groups is 2. The molecule has 58 heavy (non-hydrogen) atoms. The summed E-state index contributed by atoms with van der Waals surface area (Å²) in [5, 5.41) is 11.5. The fourth-order valence-electron chi connectivity index (χ4n) is 10.6. The SMILES string of the molecule is Cc1c(N2CC3(CCN(c4ccc(C(=O)N5CCC(CN6Cc7cc8c(cc7C6)C(=O)N(C6CCC(=O)NC6=O)C8=O)CC5)cc4)CC3)C[C@@H]2C)ccc(C#N)c1F. The minimum absolute atomic E-state index is 0.0564. The van der Waals surface area contributed by atoms with Gasteiger partial charge in [0.25, 0.3) is 17.7 Å². The monoisotopic (exact) mass is 785 g/mol. The molecule has 4 saturated heterocycles. The van der Waals surface area contributed by atoms with E-state index in [1.807, 2.05) is 29.2 Å². The number of hydrogen-bond acceptors (Lipinski definition) is 9. The van der Waals surface area contributed by atoms with Gasteiger partial charge in [0.1, 0.15) is 17.9 Å². The predicted molar refractivity (Wildman–Crippen MR) is 213 cm³/mol. The number of fused-ring (bicyclic) bond motifs is 2. The van der Waals surface area contributed by atoms with Crippen molar-refractivity contribution in [3.8, 4) is 6.07 Å². The van der Waals surface area contributed by atoms with E-state index in [1.165, 1.54) is 0 Å². The first kappa shape index (κ1) is 37.9. The van der Waals surface area contributed by atoms with Crippen molar-refractivity contribution in [3.05, 3.63) is 93.3 Å². The Hall–Kier alpha value is -5.61. The van der Waals surface area contributed by atoms with Crippen molar-refractivity contribution >= 4 is 40.9 Å². The number of anilines is 2. The molecule has 3 aromatic carbocycles. The second-order valence-electron chi connectivity index (χ2n) is 17.4. The molecule has 0 aliphatic carbocycles. The standard InChI is InChI=1S/C45H48FN7O5/c1-27-21-45(26-52(27)37-8-5-31(22-47)40(46)28(37)2)13-17-50(18-14-45)34-6-3-30(4-7-34)42(56)51-15-11-29(12-16-51)23-49-24-32-19-35-36(20-33(32)25-49)44(58)53(43(35)57)38-9-10-39(54)48-41(38)55/h3-8,19-20,27,29,38H,9-18,21,23-26H2,1-2H3,(H,48,54,55)/t27-,38?/m0/s1. The van der Waals surface area contributed by atoms with Crippen molar-refractivity contribution < 1.29 is 28.4 Å². The Kier molecular flexibility index (Phi) is 9.58. The number of amides is 5. The first-order valence-electron chi connectivity index (χ1n) is 20.6. The van der Waals surface area contributed by atoms with Crippen LogP contribution in [-0.2, 0) is 22.7 Å². The summed E-state index contributed by atoms with van der Waals surface area (Å²) in [4.78, 5) is 74.3. The van der Waals surface area contributed by atoms with Crippen LogP contribution in [0.15, 0.2) is 48.5 Å². The summed E-state index contributed by atoms with van der Waals surface area (Å²) in [6.07, 6.45) is 5.15. The van der Waals surface area contributed by atoms with Crippen LogP contribution in [0.2, 0.25) is 0 Å². The number of nitrogens with zero attached hydrogens (tertiary/aromatic N) is 6. The van der Waals surface area contributed by atoms with E-state index in [2.05, 4.69) is 39.1 Å². The Morgan fingerprint density at radius 1 is 0.914 bits per heavy atom. The number of halogens is 1. The molecule has 9 rings (SSSR count). The van der Waals surface area contributed by atoms with Gasteiger partial charge < -0.3 is 14.7 Å².